The molecule has 5 heteroatoms. The summed E-state index contributed by atoms with van der Waals surface area (Å²) in [4.78, 5) is 2.48. The number of rotatable bonds is 2. The van der Waals surface area contributed by atoms with Crippen molar-refractivity contribution >= 4 is 40.5 Å². The zero-order valence-electron chi connectivity index (χ0n) is 11.4. The van der Waals surface area contributed by atoms with Gasteiger partial charge in [0.2, 0.25) is 0 Å². The lowest BCUT2D eigenvalue weighted by Gasteiger charge is -2.32. The third kappa shape index (κ3) is 2.74. The van der Waals surface area contributed by atoms with Crippen LogP contribution in [0.4, 0.5) is 0 Å². The zero-order chi connectivity index (χ0) is 13.6. The van der Waals surface area contributed by atoms with Gasteiger partial charge in [-0.05, 0) is 56.6 Å². The Kier molecular flexibility index (Phi) is 3.80. The average Bonchev–Trinajstić information content (AvgIpc) is 2.63. The SMILES string of the molecule is Cc1sc(/C=C/B2OC(C)(C)C(C)(C)O2)cc1Br. The van der Waals surface area contributed by atoms with Gasteiger partial charge in [-0.25, -0.2) is 0 Å². The normalized spacial score (nSPS) is 22.0. The molecule has 0 N–H and O–H groups in total. The van der Waals surface area contributed by atoms with E-state index in [0.717, 1.165) is 4.47 Å². The molecule has 0 spiro atoms. The topological polar surface area (TPSA) is 18.5 Å². The summed E-state index contributed by atoms with van der Waals surface area (Å²) in [7, 11) is -0.267. The average molecular weight is 329 g/mol. The van der Waals surface area contributed by atoms with Crippen molar-refractivity contribution in [2.45, 2.75) is 45.8 Å². The van der Waals surface area contributed by atoms with E-state index in [1.54, 1.807) is 11.3 Å². The Morgan fingerprint density at radius 3 is 2.22 bits per heavy atom. The fourth-order valence-electron chi connectivity index (χ4n) is 1.70. The molecule has 0 saturated carbocycles. The smallest absolute Gasteiger partial charge is 0.400 e. The second-order valence-corrected chi connectivity index (χ2v) is 7.68. The molecule has 98 valence electrons. The quantitative estimate of drug-likeness (QED) is 0.746. The minimum atomic E-state index is -0.270. The van der Waals surface area contributed by atoms with Crippen LogP contribution >= 0.6 is 27.3 Å². The van der Waals surface area contributed by atoms with Gasteiger partial charge in [-0.3, -0.25) is 0 Å². The summed E-state index contributed by atoms with van der Waals surface area (Å²) >= 11 is 5.27. The van der Waals surface area contributed by atoms with Crippen molar-refractivity contribution in [3.05, 3.63) is 26.3 Å². The van der Waals surface area contributed by atoms with E-state index < -0.39 is 0 Å². The first kappa shape index (κ1) is 14.3. The van der Waals surface area contributed by atoms with E-state index in [-0.39, 0.29) is 18.3 Å². The maximum absolute atomic E-state index is 5.91. The van der Waals surface area contributed by atoms with Crippen LogP contribution in [-0.4, -0.2) is 18.3 Å². The maximum Gasteiger partial charge on any atom is 0.487 e. The van der Waals surface area contributed by atoms with Gasteiger partial charge in [-0.1, -0.05) is 12.1 Å². The van der Waals surface area contributed by atoms with Gasteiger partial charge in [-0.2, -0.15) is 0 Å². The molecule has 18 heavy (non-hydrogen) atoms. The number of hydrogen-bond donors (Lipinski definition) is 0. The van der Waals surface area contributed by atoms with E-state index in [0.29, 0.717) is 0 Å². The molecule has 0 amide bonds. The van der Waals surface area contributed by atoms with E-state index in [1.165, 1.54) is 9.75 Å². The van der Waals surface area contributed by atoms with E-state index in [4.69, 9.17) is 9.31 Å². The van der Waals surface area contributed by atoms with E-state index in [9.17, 15) is 0 Å². The van der Waals surface area contributed by atoms with Crippen molar-refractivity contribution in [1.82, 2.24) is 0 Å². The second kappa shape index (κ2) is 4.78. The third-order valence-corrected chi connectivity index (χ3v) is 5.67. The number of halogens is 1. The van der Waals surface area contributed by atoms with Crippen molar-refractivity contribution < 1.29 is 9.31 Å². The molecule has 0 aliphatic carbocycles. The molecule has 1 aromatic heterocycles. The minimum Gasteiger partial charge on any atom is -0.400 e. The van der Waals surface area contributed by atoms with Crippen molar-refractivity contribution in [1.29, 1.82) is 0 Å². The summed E-state index contributed by atoms with van der Waals surface area (Å²) in [5.74, 6) is 1.98. The molecule has 1 saturated heterocycles. The first-order chi connectivity index (χ1) is 8.21. The molecule has 2 heterocycles. The van der Waals surface area contributed by atoms with Gasteiger partial charge in [0.1, 0.15) is 0 Å². The molecule has 2 nitrogen and oxygen atoms in total. The van der Waals surface area contributed by atoms with Gasteiger partial charge in [0.25, 0.3) is 0 Å². The fraction of sp³-hybridized carbons (Fsp3) is 0.538. The van der Waals surface area contributed by atoms with Gasteiger partial charge < -0.3 is 9.31 Å². The molecule has 1 aliphatic rings. The van der Waals surface area contributed by atoms with Gasteiger partial charge in [0, 0.05) is 14.2 Å². The first-order valence-corrected chi connectivity index (χ1v) is 7.62. The van der Waals surface area contributed by atoms with Crippen molar-refractivity contribution in [2.24, 2.45) is 0 Å². The van der Waals surface area contributed by atoms with Crippen LogP contribution in [0.15, 0.2) is 16.5 Å². The van der Waals surface area contributed by atoms with Crippen molar-refractivity contribution in [2.75, 3.05) is 0 Å². The molecule has 0 atom stereocenters. The van der Waals surface area contributed by atoms with Crippen LogP contribution in [0.2, 0.25) is 0 Å². The van der Waals surface area contributed by atoms with Crippen LogP contribution in [0.1, 0.15) is 37.4 Å². The molecule has 1 aliphatic heterocycles. The number of hydrogen-bond acceptors (Lipinski definition) is 3. The Morgan fingerprint density at radius 2 is 1.78 bits per heavy atom. The van der Waals surface area contributed by atoms with Crippen molar-refractivity contribution in [3.63, 3.8) is 0 Å². The molecule has 0 radical (unpaired) electrons. The first-order valence-electron chi connectivity index (χ1n) is 6.01. The van der Waals surface area contributed by atoms with E-state index in [2.05, 4.69) is 62.7 Å². The Labute approximate surface area is 122 Å². The number of aryl methyl sites for hydroxylation is 1. The molecule has 0 unspecified atom stereocenters. The zero-order valence-corrected chi connectivity index (χ0v) is 13.8. The summed E-state index contributed by atoms with van der Waals surface area (Å²) in [6, 6.07) is 2.11. The third-order valence-electron chi connectivity index (χ3n) is 3.57. The van der Waals surface area contributed by atoms with Crippen LogP contribution in [0.5, 0.6) is 0 Å². The van der Waals surface area contributed by atoms with Gasteiger partial charge in [-0.15, -0.1) is 11.3 Å². The Balaban J connectivity index is 2.08. The Bertz CT molecular complexity index is 444. The summed E-state index contributed by atoms with van der Waals surface area (Å²) in [6.45, 7) is 10.3. The predicted molar refractivity (Wildman–Crippen MR) is 81.9 cm³/mol. The van der Waals surface area contributed by atoms with Crippen LogP contribution in [0.3, 0.4) is 0 Å². The van der Waals surface area contributed by atoms with E-state index in [1.807, 2.05) is 5.98 Å². The van der Waals surface area contributed by atoms with E-state index >= 15 is 0 Å². The summed E-state index contributed by atoms with van der Waals surface area (Å²) in [6.07, 6.45) is 2.06. The highest BCUT2D eigenvalue weighted by molar-refractivity contribution is 9.10. The van der Waals surface area contributed by atoms with Crippen LogP contribution in [0, 0.1) is 6.92 Å². The lowest BCUT2D eigenvalue weighted by molar-refractivity contribution is 0.00578. The molecule has 2 rings (SSSR count). The molecular formula is C13H18BBrO2S. The second-order valence-electron chi connectivity index (χ2n) is 5.54. The van der Waals surface area contributed by atoms with Gasteiger partial charge in [0.05, 0.1) is 11.2 Å². The van der Waals surface area contributed by atoms with Gasteiger partial charge in [0.15, 0.2) is 0 Å². The highest BCUT2D eigenvalue weighted by Gasteiger charge is 2.49. The molecular weight excluding hydrogens is 311 g/mol. The lowest BCUT2D eigenvalue weighted by atomic mass is 9.90. The largest absolute Gasteiger partial charge is 0.487 e. The number of thiophene rings is 1. The predicted octanol–water partition coefficient (Wildman–Crippen LogP) is 4.46. The van der Waals surface area contributed by atoms with Crippen LogP contribution in [0.25, 0.3) is 6.08 Å². The Hall–Kier alpha value is -0.0951. The lowest BCUT2D eigenvalue weighted by Crippen LogP contribution is -2.41. The summed E-state index contributed by atoms with van der Waals surface area (Å²) in [5, 5.41) is 0. The van der Waals surface area contributed by atoms with Crippen LogP contribution in [-0.2, 0) is 9.31 Å². The minimum absolute atomic E-state index is 0.267. The molecule has 0 bridgehead atoms. The maximum atomic E-state index is 5.91. The monoisotopic (exact) mass is 328 g/mol. The summed E-state index contributed by atoms with van der Waals surface area (Å²) < 4.78 is 13.0. The highest BCUT2D eigenvalue weighted by Crippen LogP contribution is 2.37. The molecule has 0 aromatic carbocycles. The van der Waals surface area contributed by atoms with Crippen LogP contribution < -0.4 is 0 Å². The van der Waals surface area contributed by atoms with Gasteiger partial charge >= 0.3 is 7.12 Å². The fourth-order valence-corrected chi connectivity index (χ4v) is 3.18. The molecule has 1 fully saturated rings. The highest BCUT2D eigenvalue weighted by atomic mass is 79.9. The summed E-state index contributed by atoms with van der Waals surface area (Å²) in [5.41, 5.74) is -0.540. The molecule has 1 aromatic rings. The van der Waals surface area contributed by atoms with Crippen molar-refractivity contribution in [3.8, 4) is 0 Å². The standard InChI is InChI=1S/C13H18BBrO2S/c1-9-11(15)8-10(18-9)6-7-14-16-12(2,3)13(4,5)17-14/h6-8H,1-5H3/b7-6+. The Morgan fingerprint density at radius 1 is 1.22 bits per heavy atom.